The zero-order valence-corrected chi connectivity index (χ0v) is 21.0. The number of anilines is 1. The highest BCUT2D eigenvalue weighted by Gasteiger charge is 2.21. The van der Waals surface area contributed by atoms with Gasteiger partial charge in [-0.05, 0) is 59.6 Å². The van der Waals surface area contributed by atoms with Crippen LogP contribution < -0.4 is 15.5 Å². The first-order valence-corrected chi connectivity index (χ1v) is 11.2. The van der Waals surface area contributed by atoms with Crippen LogP contribution in [0.2, 0.25) is 0 Å². The van der Waals surface area contributed by atoms with E-state index in [0.717, 1.165) is 49.9 Å². The molecule has 1 fully saturated rings. The van der Waals surface area contributed by atoms with Crippen molar-refractivity contribution < 1.29 is 4.21 Å². The summed E-state index contributed by atoms with van der Waals surface area (Å²) >= 11 is 0. The lowest BCUT2D eigenvalue weighted by Crippen LogP contribution is -2.49. The van der Waals surface area contributed by atoms with E-state index in [1.807, 2.05) is 33.8 Å². The average molecular weight is 522 g/mol. The first kappa shape index (κ1) is 25.1. The number of piperidine rings is 1. The Balaban J connectivity index is 0.00000392. The molecular weight excluding hydrogens is 485 g/mol. The van der Waals surface area contributed by atoms with Crippen molar-refractivity contribution in [2.75, 3.05) is 36.8 Å². The molecule has 0 bridgehead atoms. The zero-order valence-electron chi connectivity index (χ0n) is 17.8. The minimum absolute atomic E-state index is 0. The standard InChI is InChI=1S/C20H35N5OS.HI/c1-6-21-19(22-12-15-27(26)20(3,4)5)24-17-10-13-25(14-11-17)18-9-7-8-16(2)23-18;/h7-9,17H,6,10-15H2,1-5H3,(H2,21,22,24);1H. The minimum atomic E-state index is -0.869. The lowest BCUT2D eigenvalue weighted by Gasteiger charge is -2.34. The number of guanidine groups is 1. The maximum atomic E-state index is 12.2. The van der Waals surface area contributed by atoms with Crippen molar-refractivity contribution in [1.29, 1.82) is 0 Å². The number of nitrogens with one attached hydrogen (secondary N) is 2. The van der Waals surface area contributed by atoms with Gasteiger partial charge in [-0.2, -0.15) is 0 Å². The molecule has 1 aromatic rings. The number of hydrogen-bond acceptors (Lipinski definition) is 4. The van der Waals surface area contributed by atoms with Gasteiger partial charge < -0.3 is 15.5 Å². The lowest BCUT2D eigenvalue weighted by atomic mass is 10.1. The monoisotopic (exact) mass is 521 g/mol. The van der Waals surface area contributed by atoms with Crippen molar-refractivity contribution in [2.45, 2.75) is 58.2 Å². The molecule has 2 heterocycles. The third kappa shape index (κ3) is 8.23. The molecule has 28 heavy (non-hydrogen) atoms. The van der Waals surface area contributed by atoms with E-state index < -0.39 is 10.8 Å². The van der Waals surface area contributed by atoms with E-state index in [0.29, 0.717) is 18.3 Å². The molecule has 160 valence electrons. The Bertz CT molecular complexity index is 654. The van der Waals surface area contributed by atoms with Gasteiger partial charge >= 0.3 is 0 Å². The lowest BCUT2D eigenvalue weighted by molar-refractivity contribution is 0.459. The van der Waals surface area contributed by atoms with Gasteiger partial charge in [0.25, 0.3) is 0 Å². The average Bonchev–Trinajstić information content (AvgIpc) is 2.61. The Morgan fingerprint density at radius 1 is 1.32 bits per heavy atom. The fourth-order valence-electron chi connectivity index (χ4n) is 3.02. The molecule has 6 nitrogen and oxygen atoms in total. The van der Waals surface area contributed by atoms with Gasteiger partial charge in [0, 0.05) is 52.7 Å². The predicted octanol–water partition coefficient (Wildman–Crippen LogP) is 3.08. The van der Waals surface area contributed by atoms with Crippen LogP contribution in [0.1, 0.15) is 46.2 Å². The number of nitrogens with zero attached hydrogens (tertiary/aromatic N) is 3. The molecule has 0 saturated carbocycles. The number of rotatable bonds is 6. The van der Waals surface area contributed by atoms with Crippen LogP contribution in [-0.2, 0) is 10.8 Å². The van der Waals surface area contributed by atoms with Crippen LogP contribution in [0.5, 0.6) is 0 Å². The summed E-state index contributed by atoms with van der Waals surface area (Å²) in [6.07, 6.45) is 2.10. The van der Waals surface area contributed by atoms with Crippen LogP contribution in [0, 0.1) is 6.92 Å². The molecule has 1 aliphatic rings. The molecule has 0 aromatic carbocycles. The molecule has 1 aliphatic heterocycles. The second-order valence-corrected chi connectivity index (χ2v) is 10.3. The van der Waals surface area contributed by atoms with Crippen molar-refractivity contribution >= 4 is 46.6 Å². The number of aromatic nitrogens is 1. The number of aryl methyl sites for hydroxylation is 1. The number of pyridine rings is 1. The summed E-state index contributed by atoms with van der Waals surface area (Å²) in [5, 5.41) is 6.85. The Morgan fingerprint density at radius 2 is 2.00 bits per heavy atom. The van der Waals surface area contributed by atoms with E-state index in [4.69, 9.17) is 0 Å². The summed E-state index contributed by atoms with van der Waals surface area (Å²) in [4.78, 5) is 11.6. The SMILES string of the molecule is CCNC(=NCCS(=O)C(C)(C)C)NC1CCN(c2cccc(C)n2)CC1.I. The van der Waals surface area contributed by atoms with E-state index in [2.05, 4.69) is 44.6 Å². The topological polar surface area (TPSA) is 69.6 Å². The summed E-state index contributed by atoms with van der Waals surface area (Å²) in [7, 11) is -0.869. The summed E-state index contributed by atoms with van der Waals surface area (Å²) < 4.78 is 12.0. The van der Waals surface area contributed by atoms with Gasteiger partial charge in [-0.3, -0.25) is 9.20 Å². The number of aliphatic imine (C=N–C) groups is 1. The first-order chi connectivity index (χ1) is 12.8. The van der Waals surface area contributed by atoms with E-state index >= 15 is 0 Å². The number of halogens is 1. The Morgan fingerprint density at radius 3 is 2.57 bits per heavy atom. The Hall–Kier alpha value is -0.900. The normalized spacial score (nSPS) is 17.0. The van der Waals surface area contributed by atoms with Crippen molar-refractivity contribution in [3.05, 3.63) is 23.9 Å². The molecular formula is C20H36IN5OS. The van der Waals surface area contributed by atoms with Gasteiger partial charge in [-0.1, -0.05) is 6.07 Å². The molecule has 1 atom stereocenters. The van der Waals surface area contributed by atoms with E-state index in [1.54, 1.807) is 0 Å². The van der Waals surface area contributed by atoms with Crippen LogP contribution in [0.15, 0.2) is 23.2 Å². The molecule has 0 aliphatic carbocycles. The Kier molecular flexibility index (Phi) is 10.7. The third-order valence-corrected chi connectivity index (χ3v) is 6.53. The van der Waals surface area contributed by atoms with Gasteiger partial charge in [-0.25, -0.2) is 4.98 Å². The number of hydrogen-bond donors (Lipinski definition) is 2. The second-order valence-electron chi connectivity index (χ2n) is 7.97. The highest BCUT2D eigenvalue weighted by Crippen LogP contribution is 2.18. The van der Waals surface area contributed by atoms with Crippen LogP contribution >= 0.6 is 24.0 Å². The molecule has 2 N–H and O–H groups in total. The largest absolute Gasteiger partial charge is 0.357 e. The molecule has 2 rings (SSSR count). The highest BCUT2D eigenvalue weighted by atomic mass is 127. The maximum absolute atomic E-state index is 12.2. The van der Waals surface area contributed by atoms with E-state index in [-0.39, 0.29) is 28.7 Å². The van der Waals surface area contributed by atoms with Crippen molar-refractivity contribution in [3.8, 4) is 0 Å². The molecule has 0 amide bonds. The van der Waals surface area contributed by atoms with Crippen LogP contribution in [0.3, 0.4) is 0 Å². The van der Waals surface area contributed by atoms with Gasteiger partial charge in [0.15, 0.2) is 5.96 Å². The smallest absolute Gasteiger partial charge is 0.191 e. The van der Waals surface area contributed by atoms with Gasteiger partial charge in [0.05, 0.1) is 6.54 Å². The molecule has 0 radical (unpaired) electrons. The van der Waals surface area contributed by atoms with E-state index in [1.165, 1.54) is 0 Å². The van der Waals surface area contributed by atoms with Gasteiger partial charge in [-0.15, -0.1) is 24.0 Å². The van der Waals surface area contributed by atoms with Crippen LogP contribution in [0.25, 0.3) is 0 Å². The molecule has 1 unspecified atom stereocenters. The molecule has 1 saturated heterocycles. The summed E-state index contributed by atoms with van der Waals surface area (Å²) in [5.74, 6) is 2.49. The second kappa shape index (κ2) is 11.9. The summed E-state index contributed by atoms with van der Waals surface area (Å²) in [5.41, 5.74) is 1.06. The summed E-state index contributed by atoms with van der Waals surface area (Å²) in [6, 6.07) is 6.59. The minimum Gasteiger partial charge on any atom is -0.357 e. The van der Waals surface area contributed by atoms with Crippen molar-refractivity contribution in [3.63, 3.8) is 0 Å². The highest BCUT2D eigenvalue weighted by molar-refractivity contribution is 14.0. The van der Waals surface area contributed by atoms with Gasteiger partial charge in [0.2, 0.25) is 0 Å². The fraction of sp³-hybridized carbons (Fsp3) is 0.700. The predicted molar refractivity (Wildman–Crippen MR) is 132 cm³/mol. The fourth-order valence-corrected chi connectivity index (χ4v) is 3.89. The van der Waals surface area contributed by atoms with Gasteiger partial charge in [0.1, 0.15) is 5.82 Å². The first-order valence-electron chi connectivity index (χ1n) is 9.91. The maximum Gasteiger partial charge on any atom is 0.191 e. The van der Waals surface area contributed by atoms with Crippen LogP contribution in [-0.4, -0.2) is 57.9 Å². The van der Waals surface area contributed by atoms with E-state index in [9.17, 15) is 4.21 Å². The quantitative estimate of drug-likeness (QED) is 0.342. The zero-order chi connectivity index (χ0) is 19.9. The molecule has 8 heteroatoms. The van der Waals surface area contributed by atoms with Crippen molar-refractivity contribution in [2.24, 2.45) is 4.99 Å². The molecule has 1 aromatic heterocycles. The summed E-state index contributed by atoms with van der Waals surface area (Å²) in [6.45, 7) is 13.5. The third-order valence-electron chi connectivity index (χ3n) is 4.61. The van der Waals surface area contributed by atoms with Crippen molar-refractivity contribution in [1.82, 2.24) is 15.6 Å². The molecule has 0 spiro atoms. The van der Waals surface area contributed by atoms with Crippen LogP contribution in [0.4, 0.5) is 5.82 Å². The Labute approximate surface area is 189 Å².